The first-order valence-corrected chi connectivity index (χ1v) is 13.3. The highest BCUT2D eigenvalue weighted by atomic mass is 16.2. The van der Waals surface area contributed by atoms with Gasteiger partial charge in [0.15, 0.2) is 0 Å². The van der Waals surface area contributed by atoms with Crippen LogP contribution in [-0.2, 0) is 18.4 Å². The van der Waals surface area contributed by atoms with Gasteiger partial charge in [0.05, 0.1) is 12.1 Å². The summed E-state index contributed by atoms with van der Waals surface area (Å²) in [6.07, 6.45) is 7.77. The van der Waals surface area contributed by atoms with Crippen LogP contribution in [0.5, 0.6) is 0 Å². The van der Waals surface area contributed by atoms with Crippen LogP contribution in [0.1, 0.15) is 62.1 Å². The number of hydrogen-bond acceptors (Lipinski definition) is 3. The van der Waals surface area contributed by atoms with Gasteiger partial charge in [-0.05, 0) is 55.3 Å². The van der Waals surface area contributed by atoms with Gasteiger partial charge in [-0.1, -0.05) is 67.8 Å². The quantitative estimate of drug-likeness (QED) is 0.471. The molecule has 0 bridgehead atoms. The van der Waals surface area contributed by atoms with E-state index in [0.29, 0.717) is 24.7 Å². The molecule has 0 N–H and O–H groups in total. The van der Waals surface area contributed by atoms with Crippen molar-refractivity contribution in [3.8, 4) is 0 Å². The largest absolute Gasteiger partial charge is 0.337 e. The van der Waals surface area contributed by atoms with Crippen molar-refractivity contribution >= 4 is 16.8 Å². The molecule has 2 fully saturated rings. The lowest BCUT2D eigenvalue weighted by Gasteiger charge is -2.32. The number of hydrogen-bond donors (Lipinski definition) is 0. The zero-order valence-corrected chi connectivity index (χ0v) is 20.9. The van der Waals surface area contributed by atoms with Gasteiger partial charge in [-0.25, -0.2) is 0 Å². The summed E-state index contributed by atoms with van der Waals surface area (Å²) in [7, 11) is 1.83. The average Bonchev–Trinajstić information content (AvgIpc) is 3.38. The highest BCUT2D eigenvalue weighted by molar-refractivity contribution is 5.81. The van der Waals surface area contributed by atoms with Crippen molar-refractivity contribution in [1.82, 2.24) is 14.4 Å². The molecule has 1 saturated carbocycles. The second-order valence-corrected chi connectivity index (χ2v) is 10.3. The van der Waals surface area contributed by atoms with Crippen LogP contribution in [-0.4, -0.2) is 39.9 Å². The van der Waals surface area contributed by atoms with Crippen LogP contribution in [0.25, 0.3) is 10.9 Å². The Morgan fingerprint density at radius 1 is 0.943 bits per heavy atom. The van der Waals surface area contributed by atoms with Gasteiger partial charge in [-0.3, -0.25) is 14.5 Å². The van der Waals surface area contributed by atoms with E-state index in [2.05, 4.69) is 35.2 Å². The molecule has 5 rings (SSSR count). The molecule has 1 aromatic heterocycles. The number of fused-ring (bicyclic) bond motifs is 1. The van der Waals surface area contributed by atoms with Gasteiger partial charge in [0.1, 0.15) is 0 Å². The Labute approximate surface area is 208 Å². The molecule has 2 aromatic carbocycles. The maximum Gasteiger partial charge on any atom is 0.255 e. The van der Waals surface area contributed by atoms with Gasteiger partial charge >= 0.3 is 0 Å². The summed E-state index contributed by atoms with van der Waals surface area (Å²) in [5.74, 6) is 0.326. The number of rotatable bonds is 7. The van der Waals surface area contributed by atoms with Crippen molar-refractivity contribution in [2.75, 3.05) is 19.6 Å². The van der Waals surface area contributed by atoms with Gasteiger partial charge < -0.3 is 9.47 Å². The Morgan fingerprint density at radius 3 is 2.49 bits per heavy atom. The standard InChI is InChI=1S/C30H37N3O2/c1-31-27-16-9-8-15-25(27)21-26(29(31)34)22-33(30(35)24-13-6-3-7-14-24)20-19-32-18-10-17-28(32)23-11-4-2-5-12-23/h2,4-5,8-9,11-12,15-16,21,24,28H,3,6-7,10,13-14,17-20,22H2,1H3. The molecule has 35 heavy (non-hydrogen) atoms. The fourth-order valence-corrected chi connectivity index (χ4v) is 6.08. The molecule has 1 saturated heterocycles. The molecule has 1 aliphatic carbocycles. The summed E-state index contributed by atoms with van der Waals surface area (Å²) in [5, 5.41) is 1.04. The van der Waals surface area contributed by atoms with Crippen LogP contribution in [0.2, 0.25) is 0 Å². The van der Waals surface area contributed by atoms with Crippen molar-refractivity contribution in [2.24, 2.45) is 13.0 Å². The Kier molecular flexibility index (Phi) is 7.33. The van der Waals surface area contributed by atoms with Crippen LogP contribution in [0, 0.1) is 5.92 Å². The molecular weight excluding hydrogens is 434 g/mol. The highest BCUT2D eigenvalue weighted by Crippen LogP contribution is 2.32. The minimum absolute atomic E-state index is 0.00604. The predicted octanol–water partition coefficient (Wildman–Crippen LogP) is 5.28. The number of aryl methyl sites for hydroxylation is 1. The minimum atomic E-state index is -0.00604. The minimum Gasteiger partial charge on any atom is -0.337 e. The molecule has 0 radical (unpaired) electrons. The van der Waals surface area contributed by atoms with E-state index >= 15 is 0 Å². The lowest BCUT2D eigenvalue weighted by Crippen LogP contribution is -2.42. The van der Waals surface area contributed by atoms with E-state index in [1.165, 1.54) is 18.4 Å². The molecule has 1 atom stereocenters. The Bertz CT molecular complexity index is 1210. The molecule has 184 valence electrons. The molecule has 1 amide bonds. The van der Waals surface area contributed by atoms with Crippen LogP contribution in [0.15, 0.2) is 65.5 Å². The van der Waals surface area contributed by atoms with E-state index < -0.39 is 0 Å². The number of amides is 1. The first kappa shape index (κ1) is 23.8. The number of carbonyl (C=O) groups excluding carboxylic acids is 1. The van der Waals surface area contributed by atoms with E-state index in [1.807, 2.05) is 42.3 Å². The first-order valence-electron chi connectivity index (χ1n) is 13.3. The maximum atomic E-state index is 13.7. The number of pyridine rings is 1. The summed E-state index contributed by atoms with van der Waals surface area (Å²) in [6, 6.07) is 21.1. The SMILES string of the molecule is Cn1c(=O)c(CN(CCN2CCCC2c2ccccc2)C(=O)C2CCCCC2)cc2ccccc21. The molecule has 5 nitrogen and oxygen atoms in total. The number of nitrogens with zero attached hydrogens (tertiary/aromatic N) is 3. The van der Waals surface area contributed by atoms with E-state index in [9.17, 15) is 9.59 Å². The Hall–Kier alpha value is -2.92. The summed E-state index contributed by atoms with van der Waals surface area (Å²) >= 11 is 0. The van der Waals surface area contributed by atoms with Crippen LogP contribution >= 0.6 is 0 Å². The van der Waals surface area contributed by atoms with E-state index in [-0.39, 0.29) is 17.4 Å². The second kappa shape index (κ2) is 10.8. The number of likely N-dealkylation sites (tertiary alicyclic amines) is 1. The van der Waals surface area contributed by atoms with E-state index in [1.54, 1.807) is 4.57 Å². The second-order valence-electron chi connectivity index (χ2n) is 10.3. The van der Waals surface area contributed by atoms with E-state index in [4.69, 9.17) is 0 Å². The lowest BCUT2D eigenvalue weighted by molar-refractivity contribution is -0.137. The smallest absolute Gasteiger partial charge is 0.255 e. The van der Waals surface area contributed by atoms with Crippen LogP contribution in [0.4, 0.5) is 0 Å². The van der Waals surface area contributed by atoms with Gasteiger partial charge in [0, 0.05) is 37.7 Å². The first-order chi connectivity index (χ1) is 17.1. The molecule has 5 heteroatoms. The number of para-hydroxylation sites is 1. The molecule has 1 unspecified atom stereocenters. The molecule has 2 heterocycles. The molecular formula is C30H37N3O2. The fourth-order valence-electron chi connectivity index (χ4n) is 6.08. The van der Waals surface area contributed by atoms with Crippen LogP contribution < -0.4 is 5.56 Å². The van der Waals surface area contributed by atoms with Crippen molar-refractivity contribution in [3.05, 3.63) is 82.1 Å². The molecule has 0 spiro atoms. The summed E-state index contributed by atoms with van der Waals surface area (Å²) in [4.78, 5) is 31.5. The monoisotopic (exact) mass is 471 g/mol. The zero-order valence-electron chi connectivity index (χ0n) is 20.9. The summed E-state index contributed by atoms with van der Waals surface area (Å²) in [6.45, 7) is 2.94. The zero-order chi connectivity index (χ0) is 24.2. The Morgan fingerprint density at radius 2 is 1.69 bits per heavy atom. The third-order valence-electron chi connectivity index (χ3n) is 8.04. The number of aromatic nitrogens is 1. The topological polar surface area (TPSA) is 45.6 Å². The van der Waals surface area contributed by atoms with Gasteiger partial charge in [-0.15, -0.1) is 0 Å². The summed E-state index contributed by atoms with van der Waals surface area (Å²) in [5.41, 5.74) is 2.98. The van der Waals surface area contributed by atoms with Crippen molar-refractivity contribution in [2.45, 2.75) is 57.5 Å². The lowest BCUT2D eigenvalue weighted by atomic mass is 9.88. The summed E-state index contributed by atoms with van der Waals surface area (Å²) < 4.78 is 1.72. The van der Waals surface area contributed by atoms with Gasteiger partial charge in [0.25, 0.3) is 5.56 Å². The number of benzene rings is 2. The molecule has 3 aromatic rings. The fraction of sp³-hybridized carbons (Fsp3) is 0.467. The van der Waals surface area contributed by atoms with Gasteiger partial charge in [-0.2, -0.15) is 0 Å². The third-order valence-corrected chi connectivity index (χ3v) is 8.04. The molecule has 1 aliphatic heterocycles. The molecule has 2 aliphatic rings. The van der Waals surface area contributed by atoms with E-state index in [0.717, 1.165) is 56.1 Å². The average molecular weight is 472 g/mol. The third kappa shape index (κ3) is 5.20. The normalized spacial score (nSPS) is 19.3. The van der Waals surface area contributed by atoms with Crippen molar-refractivity contribution in [3.63, 3.8) is 0 Å². The van der Waals surface area contributed by atoms with Crippen molar-refractivity contribution < 1.29 is 4.79 Å². The van der Waals surface area contributed by atoms with Gasteiger partial charge in [0.2, 0.25) is 5.91 Å². The van der Waals surface area contributed by atoms with Crippen LogP contribution in [0.3, 0.4) is 0 Å². The predicted molar refractivity (Wildman–Crippen MR) is 141 cm³/mol. The maximum absolute atomic E-state index is 13.7. The number of carbonyl (C=O) groups is 1. The van der Waals surface area contributed by atoms with Crippen molar-refractivity contribution in [1.29, 1.82) is 0 Å². The Balaban J connectivity index is 1.38. The highest BCUT2D eigenvalue weighted by Gasteiger charge is 2.30.